The molecule has 0 aromatic carbocycles. The topological polar surface area (TPSA) is 81.3 Å². The van der Waals surface area contributed by atoms with Gasteiger partial charge in [-0.3, -0.25) is 4.79 Å². The van der Waals surface area contributed by atoms with E-state index in [0.717, 1.165) is 12.8 Å². The molecule has 124 valence electrons. The van der Waals surface area contributed by atoms with E-state index in [4.69, 9.17) is 10.00 Å². The van der Waals surface area contributed by atoms with Gasteiger partial charge in [0, 0.05) is 12.7 Å². The molecule has 6 nitrogen and oxygen atoms in total. The highest BCUT2D eigenvalue weighted by atomic mass is 16.5. The van der Waals surface area contributed by atoms with E-state index in [0.29, 0.717) is 13.2 Å². The Kier molecular flexibility index (Phi) is 6.36. The first-order chi connectivity index (χ1) is 11.2. The second kappa shape index (κ2) is 8.49. The molecule has 0 radical (unpaired) electrons. The number of aromatic nitrogens is 1. The number of nitrogens with zero attached hydrogens (tertiary/aromatic N) is 2. The van der Waals surface area contributed by atoms with Crippen LogP contribution in [0.2, 0.25) is 0 Å². The smallest absolute Gasteiger partial charge is 0.339 e. The number of nitriles is 1. The van der Waals surface area contributed by atoms with Crippen LogP contribution in [0.15, 0.2) is 17.1 Å². The molecule has 0 bridgehead atoms. The van der Waals surface area contributed by atoms with Crippen LogP contribution in [0.3, 0.4) is 0 Å². The lowest BCUT2D eigenvalue weighted by Crippen LogP contribution is -2.27. The Labute approximate surface area is 135 Å². The Balaban J connectivity index is 2.05. The molecule has 1 aromatic rings. The molecular weight excluding hydrogens is 296 g/mol. The third-order valence-electron chi connectivity index (χ3n) is 4.12. The molecule has 1 fully saturated rings. The number of ether oxygens (including phenoxy) is 2. The lowest BCUT2D eigenvalue weighted by atomic mass is 10.1. The SMILES string of the molecule is COC(=O)c1cc(C#N)c(=O)n(CCOC2CCCCCC2)c1. The Morgan fingerprint density at radius 2 is 2.04 bits per heavy atom. The Hall–Kier alpha value is -2.13. The molecule has 23 heavy (non-hydrogen) atoms. The maximum atomic E-state index is 12.1. The minimum Gasteiger partial charge on any atom is -0.465 e. The average Bonchev–Trinajstić information content (AvgIpc) is 2.84. The van der Waals surface area contributed by atoms with E-state index in [2.05, 4.69) is 4.74 Å². The Bertz CT molecular complexity index is 637. The van der Waals surface area contributed by atoms with Crippen molar-refractivity contribution < 1.29 is 14.3 Å². The number of methoxy groups -OCH3 is 1. The van der Waals surface area contributed by atoms with Crippen molar-refractivity contribution >= 4 is 5.97 Å². The van der Waals surface area contributed by atoms with Gasteiger partial charge in [0.2, 0.25) is 0 Å². The molecule has 1 aromatic heterocycles. The molecule has 6 heteroatoms. The van der Waals surface area contributed by atoms with Gasteiger partial charge in [-0.2, -0.15) is 5.26 Å². The van der Waals surface area contributed by atoms with E-state index in [1.165, 1.54) is 49.6 Å². The van der Waals surface area contributed by atoms with Gasteiger partial charge in [-0.05, 0) is 18.9 Å². The first-order valence-corrected chi connectivity index (χ1v) is 8.00. The summed E-state index contributed by atoms with van der Waals surface area (Å²) in [4.78, 5) is 23.8. The van der Waals surface area contributed by atoms with Gasteiger partial charge in [0.1, 0.15) is 11.6 Å². The van der Waals surface area contributed by atoms with Crippen LogP contribution in [0.25, 0.3) is 0 Å². The van der Waals surface area contributed by atoms with Crippen molar-refractivity contribution in [3.05, 3.63) is 33.7 Å². The quantitative estimate of drug-likeness (QED) is 0.614. The molecule has 1 saturated carbocycles. The summed E-state index contributed by atoms with van der Waals surface area (Å²) in [5.74, 6) is -0.570. The van der Waals surface area contributed by atoms with Crippen molar-refractivity contribution in [2.75, 3.05) is 13.7 Å². The minimum atomic E-state index is -0.570. The fourth-order valence-electron chi connectivity index (χ4n) is 2.84. The summed E-state index contributed by atoms with van der Waals surface area (Å²) in [6.07, 6.45) is 8.65. The lowest BCUT2D eigenvalue weighted by Gasteiger charge is -2.16. The van der Waals surface area contributed by atoms with Crippen molar-refractivity contribution in [1.82, 2.24) is 4.57 Å². The van der Waals surface area contributed by atoms with Crippen molar-refractivity contribution in [1.29, 1.82) is 5.26 Å². The first-order valence-electron chi connectivity index (χ1n) is 8.00. The van der Waals surface area contributed by atoms with Crippen molar-refractivity contribution in [2.24, 2.45) is 0 Å². The van der Waals surface area contributed by atoms with Gasteiger partial charge in [-0.15, -0.1) is 0 Å². The summed E-state index contributed by atoms with van der Waals surface area (Å²) in [6, 6.07) is 3.08. The van der Waals surface area contributed by atoms with E-state index in [9.17, 15) is 9.59 Å². The predicted octanol–water partition coefficient (Wildman–Crippen LogP) is 2.25. The molecule has 0 N–H and O–H groups in total. The van der Waals surface area contributed by atoms with Crippen LogP contribution in [0.4, 0.5) is 0 Å². The average molecular weight is 318 g/mol. The van der Waals surface area contributed by atoms with Gasteiger partial charge in [0.25, 0.3) is 5.56 Å². The first kappa shape index (κ1) is 17.2. The zero-order valence-corrected chi connectivity index (χ0v) is 13.4. The molecule has 1 aliphatic carbocycles. The highest BCUT2D eigenvalue weighted by Gasteiger charge is 2.14. The molecule has 0 unspecified atom stereocenters. The summed E-state index contributed by atoms with van der Waals surface area (Å²) in [5, 5.41) is 9.04. The number of hydrogen-bond donors (Lipinski definition) is 0. The summed E-state index contributed by atoms with van der Waals surface area (Å²) in [5.41, 5.74) is -0.287. The summed E-state index contributed by atoms with van der Waals surface area (Å²) >= 11 is 0. The van der Waals surface area contributed by atoms with Crippen LogP contribution in [0.5, 0.6) is 0 Å². The van der Waals surface area contributed by atoms with Crippen LogP contribution in [0, 0.1) is 11.3 Å². The fraction of sp³-hybridized carbons (Fsp3) is 0.588. The molecular formula is C17H22N2O4. The number of pyridine rings is 1. The molecule has 2 rings (SSSR count). The molecule has 0 atom stereocenters. The third-order valence-corrected chi connectivity index (χ3v) is 4.12. The summed E-state index contributed by atoms with van der Waals surface area (Å²) < 4.78 is 11.9. The molecule has 0 saturated heterocycles. The highest BCUT2D eigenvalue weighted by molar-refractivity contribution is 5.89. The van der Waals surface area contributed by atoms with E-state index in [1.807, 2.05) is 6.07 Å². The molecule has 0 aliphatic heterocycles. The monoisotopic (exact) mass is 318 g/mol. The minimum absolute atomic E-state index is 0.0673. The second-order valence-corrected chi connectivity index (χ2v) is 5.73. The fourth-order valence-corrected chi connectivity index (χ4v) is 2.84. The number of carbonyl (C=O) groups excluding carboxylic acids is 1. The molecule has 0 amide bonds. The summed E-state index contributed by atoms with van der Waals surface area (Å²) in [7, 11) is 1.26. The van der Waals surface area contributed by atoms with Crippen LogP contribution in [0.1, 0.15) is 54.4 Å². The zero-order chi connectivity index (χ0) is 16.7. The maximum absolute atomic E-state index is 12.1. The van der Waals surface area contributed by atoms with Gasteiger partial charge < -0.3 is 14.0 Å². The Morgan fingerprint density at radius 1 is 1.35 bits per heavy atom. The van der Waals surface area contributed by atoms with Crippen LogP contribution < -0.4 is 5.56 Å². The van der Waals surface area contributed by atoms with Gasteiger partial charge in [0.15, 0.2) is 0 Å². The zero-order valence-electron chi connectivity index (χ0n) is 13.4. The number of esters is 1. The lowest BCUT2D eigenvalue weighted by molar-refractivity contribution is 0.0377. The highest BCUT2D eigenvalue weighted by Crippen LogP contribution is 2.19. The van der Waals surface area contributed by atoms with Gasteiger partial charge in [-0.25, -0.2) is 4.79 Å². The number of rotatable bonds is 5. The Morgan fingerprint density at radius 3 is 2.65 bits per heavy atom. The largest absolute Gasteiger partial charge is 0.465 e. The van der Waals surface area contributed by atoms with Crippen LogP contribution in [-0.4, -0.2) is 30.4 Å². The number of hydrogen-bond acceptors (Lipinski definition) is 5. The summed E-state index contributed by atoms with van der Waals surface area (Å²) in [6.45, 7) is 0.703. The van der Waals surface area contributed by atoms with Crippen molar-refractivity contribution in [2.45, 2.75) is 51.2 Å². The van der Waals surface area contributed by atoms with Gasteiger partial charge >= 0.3 is 5.97 Å². The van der Waals surface area contributed by atoms with Crippen LogP contribution >= 0.6 is 0 Å². The van der Waals surface area contributed by atoms with Gasteiger partial charge in [-0.1, -0.05) is 25.7 Å². The van der Waals surface area contributed by atoms with Crippen molar-refractivity contribution in [3.63, 3.8) is 0 Å². The molecule has 1 heterocycles. The van der Waals surface area contributed by atoms with E-state index >= 15 is 0 Å². The maximum Gasteiger partial charge on any atom is 0.339 e. The van der Waals surface area contributed by atoms with E-state index < -0.39 is 11.5 Å². The number of carbonyl (C=O) groups is 1. The third kappa shape index (κ3) is 4.67. The van der Waals surface area contributed by atoms with Crippen LogP contribution in [-0.2, 0) is 16.0 Å². The predicted molar refractivity (Wildman–Crippen MR) is 84.2 cm³/mol. The standard InChI is InChI=1S/C17H22N2O4/c1-22-17(21)14-10-13(11-18)16(20)19(12-14)8-9-23-15-6-4-2-3-5-7-15/h10,12,15H,2-9H2,1H3. The molecule has 1 aliphatic rings. The van der Waals surface area contributed by atoms with E-state index in [-0.39, 0.29) is 17.2 Å². The van der Waals surface area contributed by atoms with E-state index in [1.54, 1.807) is 0 Å². The molecule has 0 spiro atoms. The second-order valence-electron chi connectivity index (χ2n) is 5.73. The van der Waals surface area contributed by atoms with Gasteiger partial charge in [0.05, 0.1) is 25.4 Å². The van der Waals surface area contributed by atoms with Crippen molar-refractivity contribution in [3.8, 4) is 6.07 Å². The normalized spacial score (nSPS) is 15.7.